The molecule has 0 unspecified atom stereocenters. The molecule has 0 saturated carbocycles. The zero-order valence-electron chi connectivity index (χ0n) is 14.4. The lowest BCUT2D eigenvalue weighted by molar-refractivity contribution is 0.0714. The number of hydrogen-bond donors (Lipinski definition) is 1. The van der Waals surface area contributed by atoms with Gasteiger partial charge in [0, 0.05) is 36.9 Å². The first-order valence-corrected chi connectivity index (χ1v) is 8.87. The van der Waals surface area contributed by atoms with Gasteiger partial charge in [-0.1, -0.05) is 17.7 Å². The number of aromatic nitrogens is 3. The van der Waals surface area contributed by atoms with Crippen LogP contribution in [0.1, 0.15) is 10.6 Å². The number of anilines is 3. The normalized spacial score (nSPS) is 14.3. The highest BCUT2D eigenvalue weighted by Gasteiger charge is 2.25. The highest BCUT2D eigenvalue weighted by atomic mass is 35.5. The molecule has 3 aromatic rings. The second-order valence-electron chi connectivity index (χ2n) is 6.03. The monoisotopic (exact) mass is 384 g/mol. The van der Waals surface area contributed by atoms with Crippen LogP contribution in [0.4, 0.5) is 17.5 Å². The maximum Gasteiger partial charge on any atom is 0.289 e. The van der Waals surface area contributed by atoms with Crippen molar-refractivity contribution in [3.05, 3.63) is 59.6 Å². The van der Waals surface area contributed by atoms with Gasteiger partial charge >= 0.3 is 0 Å². The van der Waals surface area contributed by atoms with Crippen LogP contribution in [0, 0.1) is 0 Å². The predicted molar refractivity (Wildman–Crippen MR) is 101 cm³/mol. The highest BCUT2D eigenvalue weighted by Crippen LogP contribution is 2.20. The van der Waals surface area contributed by atoms with E-state index in [0.717, 1.165) is 5.69 Å². The smallest absolute Gasteiger partial charge is 0.289 e. The minimum absolute atomic E-state index is 0.102. The lowest BCUT2D eigenvalue weighted by Gasteiger charge is -2.34. The highest BCUT2D eigenvalue weighted by molar-refractivity contribution is 6.30. The first-order valence-electron chi connectivity index (χ1n) is 8.49. The summed E-state index contributed by atoms with van der Waals surface area (Å²) < 4.78 is 5.18. The summed E-state index contributed by atoms with van der Waals surface area (Å²) in [7, 11) is 0. The number of carbonyl (C=O) groups is 1. The summed E-state index contributed by atoms with van der Waals surface area (Å²) in [4.78, 5) is 20.6. The summed E-state index contributed by atoms with van der Waals surface area (Å²) in [5.74, 6) is 1.35. The van der Waals surface area contributed by atoms with Crippen molar-refractivity contribution in [1.29, 1.82) is 0 Å². The van der Waals surface area contributed by atoms with Gasteiger partial charge in [0.25, 0.3) is 5.91 Å². The zero-order chi connectivity index (χ0) is 18.6. The number of halogens is 1. The Morgan fingerprint density at radius 3 is 2.74 bits per heavy atom. The fourth-order valence-corrected chi connectivity index (χ4v) is 3.06. The van der Waals surface area contributed by atoms with Crippen LogP contribution >= 0.6 is 11.6 Å². The molecule has 1 fully saturated rings. The third-order valence-corrected chi connectivity index (χ3v) is 4.46. The quantitative estimate of drug-likeness (QED) is 0.739. The molecule has 1 aliphatic heterocycles. The van der Waals surface area contributed by atoms with Gasteiger partial charge < -0.3 is 19.5 Å². The molecule has 1 amide bonds. The van der Waals surface area contributed by atoms with Crippen molar-refractivity contribution >= 4 is 35.0 Å². The van der Waals surface area contributed by atoms with E-state index in [0.29, 0.717) is 48.7 Å². The van der Waals surface area contributed by atoms with E-state index in [1.807, 2.05) is 23.1 Å². The van der Waals surface area contributed by atoms with E-state index in [9.17, 15) is 4.79 Å². The molecule has 0 atom stereocenters. The molecular formula is C18H17ClN6O2. The van der Waals surface area contributed by atoms with Crippen LogP contribution in [0.15, 0.2) is 53.3 Å². The van der Waals surface area contributed by atoms with Crippen LogP contribution in [0.25, 0.3) is 0 Å². The van der Waals surface area contributed by atoms with Gasteiger partial charge in [-0.15, -0.1) is 5.10 Å². The molecule has 1 aliphatic rings. The SMILES string of the molecule is O=C(c1ccco1)N1CCN(c2nncc(Nc3cccc(Cl)c3)n2)CC1. The fraction of sp³-hybridized carbons (Fsp3) is 0.222. The van der Waals surface area contributed by atoms with E-state index in [1.165, 1.54) is 6.26 Å². The van der Waals surface area contributed by atoms with E-state index in [1.54, 1.807) is 29.3 Å². The summed E-state index contributed by atoms with van der Waals surface area (Å²) in [5, 5.41) is 12.0. The lowest BCUT2D eigenvalue weighted by atomic mass is 10.3. The third-order valence-electron chi connectivity index (χ3n) is 4.23. The molecule has 0 spiro atoms. The van der Waals surface area contributed by atoms with Crippen molar-refractivity contribution in [1.82, 2.24) is 20.1 Å². The number of furan rings is 1. The Bertz CT molecular complexity index is 925. The maximum absolute atomic E-state index is 12.3. The maximum atomic E-state index is 12.3. The standard InChI is InChI=1S/C18H17ClN6O2/c19-13-3-1-4-14(11-13)21-16-12-20-23-18(22-16)25-8-6-24(7-9-25)17(26)15-5-2-10-27-15/h1-5,10-12H,6-9H2,(H,21,22,23). The number of piperazine rings is 1. The van der Waals surface area contributed by atoms with Gasteiger partial charge in [-0.2, -0.15) is 10.1 Å². The van der Waals surface area contributed by atoms with Gasteiger partial charge in [0.15, 0.2) is 11.6 Å². The van der Waals surface area contributed by atoms with E-state index >= 15 is 0 Å². The molecule has 1 aromatic carbocycles. The van der Waals surface area contributed by atoms with Crippen LogP contribution in [0.2, 0.25) is 5.02 Å². The zero-order valence-corrected chi connectivity index (χ0v) is 15.1. The van der Waals surface area contributed by atoms with Gasteiger partial charge in [-0.3, -0.25) is 4.79 Å². The number of hydrogen-bond acceptors (Lipinski definition) is 7. The second-order valence-corrected chi connectivity index (χ2v) is 6.47. The topological polar surface area (TPSA) is 87.4 Å². The average Bonchev–Trinajstić information content (AvgIpc) is 3.23. The molecule has 1 saturated heterocycles. The molecule has 4 rings (SSSR count). The van der Waals surface area contributed by atoms with Gasteiger partial charge in [0.2, 0.25) is 5.95 Å². The molecule has 1 N–H and O–H groups in total. The summed E-state index contributed by atoms with van der Waals surface area (Å²) >= 11 is 6.00. The van der Waals surface area contributed by atoms with Crippen LogP contribution in [-0.4, -0.2) is 52.2 Å². The molecule has 8 nitrogen and oxygen atoms in total. The molecule has 0 radical (unpaired) electrons. The van der Waals surface area contributed by atoms with E-state index in [4.69, 9.17) is 16.0 Å². The summed E-state index contributed by atoms with van der Waals surface area (Å²) in [6.45, 7) is 2.37. The predicted octanol–water partition coefficient (Wildman–Crippen LogP) is 2.82. The number of nitrogens with zero attached hydrogens (tertiary/aromatic N) is 5. The van der Waals surface area contributed by atoms with Gasteiger partial charge in [0.05, 0.1) is 12.5 Å². The summed E-state index contributed by atoms with van der Waals surface area (Å²) in [5.41, 5.74) is 0.822. The minimum atomic E-state index is -0.102. The van der Waals surface area contributed by atoms with Crippen LogP contribution in [-0.2, 0) is 0 Å². The number of amides is 1. The van der Waals surface area contributed by atoms with Crippen LogP contribution in [0.5, 0.6) is 0 Å². The molecule has 3 heterocycles. The van der Waals surface area contributed by atoms with Crippen molar-refractivity contribution < 1.29 is 9.21 Å². The van der Waals surface area contributed by atoms with Crippen molar-refractivity contribution in [2.75, 3.05) is 36.4 Å². The van der Waals surface area contributed by atoms with E-state index in [2.05, 4.69) is 20.5 Å². The molecule has 0 bridgehead atoms. The molecule has 27 heavy (non-hydrogen) atoms. The Kier molecular flexibility index (Phi) is 4.88. The fourth-order valence-electron chi connectivity index (χ4n) is 2.87. The first kappa shape index (κ1) is 17.3. The summed E-state index contributed by atoms with van der Waals surface area (Å²) in [6.07, 6.45) is 3.06. The van der Waals surface area contributed by atoms with E-state index in [-0.39, 0.29) is 5.91 Å². The van der Waals surface area contributed by atoms with Gasteiger partial charge in [-0.25, -0.2) is 0 Å². The lowest BCUT2D eigenvalue weighted by Crippen LogP contribution is -2.49. The van der Waals surface area contributed by atoms with Crippen molar-refractivity contribution in [3.63, 3.8) is 0 Å². The molecule has 0 aliphatic carbocycles. The summed E-state index contributed by atoms with van der Waals surface area (Å²) in [6, 6.07) is 10.7. The Hall–Kier alpha value is -3.13. The largest absolute Gasteiger partial charge is 0.459 e. The Labute approximate surface area is 160 Å². The number of rotatable bonds is 4. The minimum Gasteiger partial charge on any atom is -0.459 e. The molecular weight excluding hydrogens is 368 g/mol. The number of benzene rings is 1. The van der Waals surface area contributed by atoms with E-state index < -0.39 is 0 Å². The molecule has 9 heteroatoms. The third kappa shape index (κ3) is 4.01. The average molecular weight is 385 g/mol. The molecule has 138 valence electrons. The number of nitrogens with one attached hydrogen (secondary N) is 1. The Morgan fingerprint density at radius 2 is 2.00 bits per heavy atom. The second kappa shape index (κ2) is 7.63. The molecule has 2 aromatic heterocycles. The van der Waals surface area contributed by atoms with Gasteiger partial charge in [0.1, 0.15) is 0 Å². The Morgan fingerprint density at radius 1 is 1.15 bits per heavy atom. The van der Waals surface area contributed by atoms with Crippen LogP contribution < -0.4 is 10.2 Å². The van der Waals surface area contributed by atoms with Crippen molar-refractivity contribution in [2.45, 2.75) is 0 Å². The van der Waals surface area contributed by atoms with Crippen LogP contribution in [0.3, 0.4) is 0 Å². The number of carbonyl (C=O) groups excluding carboxylic acids is 1. The van der Waals surface area contributed by atoms with Crippen molar-refractivity contribution in [3.8, 4) is 0 Å². The van der Waals surface area contributed by atoms with Crippen molar-refractivity contribution in [2.24, 2.45) is 0 Å². The Balaban J connectivity index is 1.40. The van der Waals surface area contributed by atoms with Gasteiger partial charge in [-0.05, 0) is 30.3 Å². The first-order chi connectivity index (χ1) is 13.2.